The molecule has 2 aliphatic heterocycles. The summed E-state index contributed by atoms with van der Waals surface area (Å²) in [4.78, 5) is 31.2. The SMILES string of the molecule is O=C(c1cccs1)N(Cc1cc2cc3c(cc2[nH]c1=O)OCCO3)C[C@@H]1CCCO1. The van der Waals surface area contributed by atoms with Crippen LogP contribution in [-0.2, 0) is 11.3 Å². The molecule has 1 fully saturated rings. The second kappa shape index (κ2) is 8.12. The van der Waals surface area contributed by atoms with E-state index in [4.69, 9.17) is 14.2 Å². The Bertz CT molecular complexity index is 1120. The van der Waals surface area contributed by atoms with E-state index in [1.54, 1.807) is 11.0 Å². The Balaban J connectivity index is 1.47. The summed E-state index contributed by atoms with van der Waals surface area (Å²) in [6.45, 7) is 2.39. The molecule has 1 N–H and O–H groups in total. The minimum atomic E-state index is -0.213. The number of rotatable bonds is 5. The number of carbonyl (C=O) groups excluding carboxylic acids is 1. The first kappa shape index (κ1) is 19.1. The summed E-state index contributed by atoms with van der Waals surface area (Å²) in [5.74, 6) is 1.21. The van der Waals surface area contributed by atoms with Crippen LogP contribution in [0.3, 0.4) is 0 Å². The van der Waals surface area contributed by atoms with Gasteiger partial charge in [0, 0.05) is 30.2 Å². The smallest absolute Gasteiger partial charge is 0.264 e. The van der Waals surface area contributed by atoms with Crippen LogP contribution >= 0.6 is 11.3 Å². The molecule has 1 atom stereocenters. The van der Waals surface area contributed by atoms with Crippen LogP contribution < -0.4 is 15.0 Å². The molecule has 2 aliphatic rings. The van der Waals surface area contributed by atoms with E-state index < -0.39 is 0 Å². The fraction of sp³-hybridized carbons (Fsp3) is 0.364. The molecule has 3 aromatic rings. The number of H-pyrrole nitrogens is 1. The lowest BCUT2D eigenvalue weighted by Gasteiger charge is -2.25. The fourth-order valence-electron chi connectivity index (χ4n) is 3.92. The van der Waals surface area contributed by atoms with E-state index >= 15 is 0 Å². The van der Waals surface area contributed by atoms with Gasteiger partial charge in [-0.3, -0.25) is 9.59 Å². The molecule has 0 saturated carbocycles. The predicted octanol–water partition coefficient (Wildman–Crippen LogP) is 3.18. The molecular formula is C22H22N2O5S. The van der Waals surface area contributed by atoms with Gasteiger partial charge in [-0.25, -0.2) is 0 Å². The van der Waals surface area contributed by atoms with Crippen molar-refractivity contribution in [2.24, 2.45) is 0 Å². The fourth-order valence-corrected chi connectivity index (χ4v) is 4.61. The van der Waals surface area contributed by atoms with Crippen LogP contribution in [0, 0.1) is 0 Å². The lowest BCUT2D eigenvalue weighted by Crippen LogP contribution is -2.38. The van der Waals surface area contributed by atoms with Gasteiger partial charge >= 0.3 is 0 Å². The van der Waals surface area contributed by atoms with E-state index in [-0.39, 0.29) is 24.1 Å². The summed E-state index contributed by atoms with van der Waals surface area (Å²) >= 11 is 1.40. The molecule has 0 radical (unpaired) electrons. The molecule has 5 rings (SSSR count). The molecule has 7 nitrogen and oxygen atoms in total. The van der Waals surface area contributed by atoms with Crippen LogP contribution in [0.5, 0.6) is 11.5 Å². The molecule has 0 unspecified atom stereocenters. The quantitative estimate of drug-likeness (QED) is 0.678. The molecule has 1 aromatic carbocycles. The topological polar surface area (TPSA) is 80.9 Å². The molecule has 0 spiro atoms. The number of carbonyl (C=O) groups is 1. The van der Waals surface area contributed by atoms with Gasteiger partial charge in [0.25, 0.3) is 11.5 Å². The number of thiophene rings is 1. The molecule has 1 saturated heterocycles. The zero-order valence-corrected chi connectivity index (χ0v) is 17.2. The highest BCUT2D eigenvalue weighted by Crippen LogP contribution is 2.33. The Morgan fingerprint density at radius 1 is 1.17 bits per heavy atom. The third-order valence-corrected chi connectivity index (χ3v) is 6.27. The molecule has 0 bridgehead atoms. The zero-order valence-electron chi connectivity index (χ0n) is 16.4. The Morgan fingerprint density at radius 2 is 2.00 bits per heavy atom. The first-order valence-electron chi connectivity index (χ1n) is 10.1. The summed E-state index contributed by atoms with van der Waals surface area (Å²) in [6, 6.07) is 9.15. The maximum Gasteiger partial charge on any atom is 0.264 e. The lowest BCUT2D eigenvalue weighted by atomic mass is 10.1. The standard InChI is InChI=1S/C22H22N2O5S/c25-21-15(9-14-10-18-19(11-17(14)23-21)29-7-6-28-18)12-24(13-16-3-1-5-27-16)22(26)20-4-2-8-30-20/h2,4,8-11,16H,1,3,5-7,12-13H2,(H,23,25)/t16-/m0/s1. The van der Waals surface area contributed by atoms with Crippen LogP contribution in [0.4, 0.5) is 0 Å². The molecule has 8 heteroatoms. The zero-order chi connectivity index (χ0) is 20.5. The number of hydrogen-bond acceptors (Lipinski definition) is 6. The van der Waals surface area contributed by atoms with Crippen molar-refractivity contribution in [3.05, 3.63) is 56.5 Å². The minimum absolute atomic E-state index is 0.00557. The van der Waals surface area contributed by atoms with Gasteiger partial charge in [-0.1, -0.05) is 6.07 Å². The number of nitrogens with zero attached hydrogens (tertiary/aromatic N) is 1. The van der Waals surface area contributed by atoms with Gasteiger partial charge in [-0.05, 0) is 36.4 Å². The van der Waals surface area contributed by atoms with Crippen molar-refractivity contribution < 1.29 is 19.0 Å². The van der Waals surface area contributed by atoms with Crippen molar-refractivity contribution in [3.63, 3.8) is 0 Å². The van der Waals surface area contributed by atoms with Gasteiger partial charge in [0.15, 0.2) is 11.5 Å². The summed E-state index contributed by atoms with van der Waals surface area (Å²) in [6.07, 6.45) is 1.92. The van der Waals surface area contributed by atoms with E-state index in [0.717, 1.165) is 24.8 Å². The number of amides is 1. The molecular weight excluding hydrogens is 404 g/mol. The maximum absolute atomic E-state index is 13.1. The van der Waals surface area contributed by atoms with Gasteiger partial charge in [0.05, 0.1) is 23.0 Å². The van der Waals surface area contributed by atoms with Crippen LogP contribution in [0.25, 0.3) is 10.9 Å². The summed E-state index contributed by atoms with van der Waals surface area (Å²) in [5.41, 5.74) is 1.00. The highest BCUT2D eigenvalue weighted by molar-refractivity contribution is 7.12. The van der Waals surface area contributed by atoms with Gasteiger partial charge in [0.2, 0.25) is 0 Å². The first-order valence-corrected chi connectivity index (χ1v) is 11.0. The number of benzene rings is 1. The second-order valence-corrected chi connectivity index (χ2v) is 8.45. The third kappa shape index (κ3) is 3.80. The van der Waals surface area contributed by atoms with E-state index in [0.29, 0.717) is 47.2 Å². The van der Waals surface area contributed by atoms with Crippen LogP contribution in [0.1, 0.15) is 28.1 Å². The molecule has 2 aromatic heterocycles. The van der Waals surface area contributed by atoms with Crippen molar-refractivity contribution in [2.75, 3.05) is 26.4 Å². The van der Waals surface area contributed by atoms with Crippen molar-refractivity contribution in [3.8, 4) is 11.5 Å². The third-order valence-electron chi connectivity index (χ3n) is 5.41. The molecule has 1 amide bonds. The Kier molecular flexibility index (Phi) is 5.18. The summed E-state index contributed by atoms with van der Waals surface area (Å²) < 4.78 is 17.0. The predicted molar refractivity (Wildman–Crippen MR) is 114 cm³/mol. The highest BCUT2D eigenvalue weighted by Gasteiger charge is 2.25. The molecule has 156 valence electrons. The highest BCUT2D eigenvalue weighted by atomic mass is 32.1. The number of fused-ring (bicyclic) bond motifs is 2. The molecule has 4 heterocycles. The number of nitrogens with one attached hydrogen (secondary N) is 1. The number of hydrogen-bond donors (Lipinski definition) is 1. The second-order valence-electron chi connectivity index (χ2n) is 7.50. The number of pyridine rings is 1. The van der Waals surface area contributed by atoms with Crippen LogP contribution in [-0.4, -0.2) is 48.3 Å². The average molecular weight is 426 g/mol. The van der Waals surface area contributed by atoms with Crippen molar-refractivity contribution in [2.45, 2.75) is 25.5 Å². The normalized spacial score (nSPS) is 17.9. The Hall–Kier alpha value is -2.84. The van der Waals surface area contributed by atoms with E-state index in [1.165, 1.54) is 11.3 Å². The Morgan fingerprint density at radius 3 is 2.73 bits per heavy atom. The summed E-state index contributed by atoms with van der Waals surface area (Å²) in [5, 5.41) is 2.72. The number of aromatic amines is 1. The number of aromatic nitrogens is 1. The van der Waals surface area contributed by atoms with E-state index in [9.17, 15) is 9.59 Å². The van der Waals surface area contributed by atoms with Crippen molar-refractivity contribution in [1.29, 1.82) is 0 Å². The van der Waals surface area contributed by atoms with E-state index in [1.807, 2.05) is 29.6 Å². The monoisotopic (exact) mass is 426 g/mol. The van der Waals surface area contributed by atoms with E-state index in [2.05, 4.69) is 4.98 Å². The van der Waals surface area contributed by atoms with Crippen molar-refractivity contribution in [1.82, 2.24) is 9.88 Å². The van der Waals surface area contributed by atoms with Crippen LogP contribution in [0.2, 0.25) is 0 Å². The Labute approximate surface area is 177 Å². The van der Waals surface area contributed by atoms with Gasteiger partial charge < -0.3 is 24.1 Å². The van der Waals surface area contributed by atoms with Crippen LogP contribution in [0.15, 0.2) is 40.5 Å². The van der Waals surface area contributed by atoms with Gasteiger partial charge in [0.1, 0.15) is 13.2 Å². The average Bonchev–Trinajstić information content (AvgIpc) is 3.46. The van der Waals surface area contributed by atoms with Crippen molar-refractivity contribution >= 4 is 28.1 Å². The maximum atomic E-state index is 13.1. The molecule has 30 heavy (non-hydrogen) atoms. The minimum Gasteiger partial charge on any atom is -0.486 e. The first-order chi connectivity index (χ1) is 14.7. The number of ether oxygens (including phenoxy) is 3. The van der Waals surface area contributed by atoms with Gasteiger partial charge in [-0.2, -0.15) is 0 Å². The lowest BCUT2D eigenvalue weighted by molar-refractivity contribution is 0.0510. The molecule has 0 aliphatic carbocycles. The largest absolute Gasteiger partial charge is 0.486 e. The van der Waals surface area contributed by atoms with Gasteiger partial charge in [-0.15, -0.1) is 11.3 Å². The summed E-state index contributed by atoms with van der Waals surface area (Å²) in [7, 11) is 0.